The maximum absolute atomic E-state index is 12.7. The van der Waals surface area contributed by atoms with Gasteiger partial charge in [0, 0.05) is 5.02 Å². The van der Waals surface area contributed by atoms with Crippen molar-refractivity contribution in [1.29, 1.82) is 0 Å². The minimum atomic E-state index is -4.57. The fourth-order valence-electron chi connectivity index (χ4n) is 2.20. The van der Waals surface area contributed by atoms with Crippen LogP contribution in [-0.4, -0.2) is 17.9 Å². The average molecular weight is 449 g/mol. The number of amides is 1. The van der Waals surface area contributed by atoms with E-state index in [-0.39, 0.29) is 33.0 Å². The van der Waals surface area contributed by atoms with Crippen LogP contribution in [0.5, 0.6) is 5.75 Å². The van der Waals surface area contributed by atoms with E-state index in [1.165, 1.54) is 18.2 Å². The number of ether oxygens (including phenoxy) is 1. The quantitative estimate of drug-likeness (QED) is 0.489. The first-order valence-electron chi connectivity index (χ1n) is 8.35. The molecule has 0 aliphatic carbocycles. The zero-order valence-electron chi connectivity index (χ0n) is 15.3. The second-order valence-electron chi connectivity index (χ2n) is 6.48. The SMILES string of the molecule is CC(C)[C@H](N)C(=O)Oc1ccc(Cl)cc1C(=O)Nc1ccc(C(F)(F)F)cc1Cl. The maximum atomic E-state index is 12.7. The first-order valence-corrected chi connectivity index (χ1v) is 9.10. The molecule has 0 radical (unpaired) electrons. The summed E-state index contributed by atoms with van der Waals surface area (Å²) in [5, 5.41) is 2.25. The molecule has 2 aromatic carbocycles. The van der Waals surface area contributed by atoms with Crippen molar-refractivity contribution in [3.63, 3.8) is 0 Å². The molecule has 2 aromatic rings. The predicted molar refractivity (Wildman–Crippen MR) is 104 cm³/mol. The normalized spacial score (nSPS) is 12.6. The molecule has 0 heterocycles. The van der Waals surface area contributed by atoms with Crippen LogP contribution in [0, 0.1) is 5.92 Å². The van der Waals surface area contributed by atoms with Crippen molar-refractivity contribution in [3.05, 3.63) is 57.6 Å². The van der Waals surface area contributed by atoms with E-state index in [0.717, 1.165) is 12.1 Å². The van der Waals surface area contributed by atoms with Gasteiger partial charge in [0.15, 0.2) is 0 Å². The number of hydrogen-bond donors (Lipinski definition) is 2. The lowest BCUT2D eigenvalue weighted by Crippen LogP contribution is -2.38. The van der Waals surface area contributed by atoms with Crippen molar-refractivity contribution in [2.45, 2.75) is 26.1 Å². The van der Waals surface area contributed by atoms with Crippen LogP contribution in [0.1, 0.15) is 29.8 Å². The molecule has 29 heavy (non-hydrogen) atoms. The van der Waals surface area contributed by atoms with E-state index in [2.05, 4.69) is 5.32 Å². The molecule has 0 saturated heterocycles. The number of rotatable bonds is 5. The van der Waals surface area contributed by atoms with Crippen molar-refractivity contribution >= 4 is 40.8 Å². The summed E-state index contributed by atoms with van der Waals surface area (Å²) in [5.74, 6) is -1.83. The number of halogens is 5. The third-order valence-corrected chi connectivity index (χ3v) is 4.48. The molecule has 1 amide bonds. The van der Waals surface area contributed by atoms with Crippen LogP contribution < -0.4 is 15.8 Å². The summed E-state index contributed by atoms with van der Waals surface area (Å²) in [6.07, 6.45) is -4.57. The van der Waals surface area contributed by atoms with E-state index in [1.54, 1.807) is 13.8 Å². The number of nitrogens with two attached hydrogens (primary N) is 1. The number of carbonyl (C=O) groups excluding carboxylic acids is 2. The Kier molecular flexibility index (Phi) is 7.15. The largest absolute Gasteiger partial charge is 0.425 e. The van der Waals surface area contributed by atoms with Crippen molar-refractivity contribution in [1.82, 2.24) is 0 Å². The van der Waals surface area contributed by atoms with Crippen LogP contribution in [-0.2, 0) is 11.0 Å². The molecule has 3 N–H and O–H groups in total. The van der Waals surface area contributed by atoms with Gasteiger partial charge in [-0.25, -0.2) is 4.79 Å². The molecule has 0 saturated carbocycles. The zero-order valence-corrected chi connectivity index (χ0v) is 16.8. The highest BCUT2D eigenvalue weighted by Gasteiger charge is 2.31. The molecule has 0 spiro atoms. The van der Waals surface area contributed by atoms with Crippen LogP contribution in [0.15, 0.2) is 36.4 Å². The van der Waals surface area contributed by atoms with Gasteiger partial charge in [-0.2, -0.15) is 13.2 Å². The smallest absolute Gasteiger partial charge is 0.416 e. The van der Waals surface area contributed by atoms with Crippen LogP contribution >= 0.6 is 23.2 Å². The van der Waals surface area contributed by atoms with E-state index < -0.39 is 29.7 Å². The van der Waals surface area contributed by atoms with Gasteiger partial charge in [0.2, 0.25) is 0 Å². The molecule has 0 aliphatic heterocycles. The molecule has 1 atom stereocenters. The van der Waals surface area contributed by atoms with Crippen LogP contribution in [0.4, 0.5) is 18.9 Å². The van der Waals surface area contributed by atoms with Gasteiger partial charge in [0.25, 0.3) is 5.91 Å². The number of carbonyl (C=O) groups is 2. The molecular formula is C19H17Cl2F3N2O3. The Labute approximate surface area is 174 Å². The Morgan fingerprint density at radius 2 is 1.76 bits per heavy atom. The topological polar surface area (TPSA) is 81.4 Å². The average Bonchev–Trinajstić information content (AvgIpc) is 2.62. The Morgan fingerprint density at radius 3 is 2.31 bits per heavy atom. The standard InChI is InChI=1S/C19H17Cl2F3N2O3/c1-9(2)16(25)18(28)29-15-6-4-11(20)8-12(15)17(27)26-14-5-3-10(7-13(14)21)19(22,23)24/h3-9,16H,25H2,1-2H3,(H,26,27)/t16-/m0/s1. The van der Waals surface area contributed by atoms with Crippen LogP contribution in [0.2, 0.25) is 10.0 Å². The Hall–Kier alpha value is -2.29. The number of alkyl halides is 3. The highest BCUT2D eigenvalue weighted by molar-refractivity contribution is 6.34. The van der Waals surface area contributed by atoms with E-state index in [4.69, 9.17) is 33.7 Å². The van der Waals surface area contributed by atoms with E-state index in [0.29, 0.717) is 6.07 Å². The third-order valence-electron chi connectivity index (χ3n) is 3.93. The van der Waals surface area contributed by atoms with Crippen LogP contribution in [0.3, 0.4) is 0 Å². The monoisotopic (exact) mass is 448 g/mol. The summed E-state index contributed by atoms with van der Waals surface area (Å²) >= 11 is 11.8. The predicted octanol–water partition coefficient (Wildman–Crippen LogP) is 5.15. The molecular weight excluding hydrogens is 432 g/mol. The molecule has 2 rings (SSSR count). The molecule has 5 nitrogen and oxygen atoms in total. The van der Waals surface area contributed by atoms with Crippen molar-refractivity contribution in [3.8, 4) is 5.75 Å². The summed E-state index contributed by atoms with van der Waals surface area (Å²) in [4.78, 5) is 24.8. The van der Waals surface area contributed by atoms with Gasteiger partial charge >= 0.3 is 12.1 Å². The maximum Gasteiger partial charge on any atom is 0.416 e. The van der Waals surface area contributed by atoms with Gasteiger partial charge in [0.05, 0.1) is 21.8 Å². The minimum Gasteiger partial charge on any atom is -0.425 e. The summed E-state index contributed by atoms with van der Waals surface area (Å²) < 4.78 is 43.5. The molecule has 0 fully saturated rings. The van der Waals surface area contributed by atoms with Crippen LogP contribution in [0.25, 0.3) is 0 Å². The van der Waals surface area contributed by atoms with Gasteiger partial charge < -0.3 is 15.8 Å². The fourth-order valence-corrected chi connectivity index (χ4v) is 2.60. The van der Waals surface area contributed by atoms with Gasteiger partial charge in [-0.1, -0.05) is 37.0 Å². The summed E-state index contributed by atoms with van der Waals surface area (Å²) in [5.41, 5.74) is 4.62. The van der Waals surface area contributed by atoms with Crippen molar-refractivity contribution in [2.75, 3.05) is 5.32 Å². The Morgan fingerprint density at radius 1 is 1.10 bits per heavy atom. The lowest BCUT2D eigenvalue weighted by molar-refractivity contribution is -0.138. The first-order chi connectivity index (χ1) is 13.4. The number of esters is 1. The minimum absolute atomic E-state index is 0.0548. The molecule has 0 aromatic heterocycles. The molecule has 0 bridgehead atoms. The van der Waals surface area contributed by atoms with E-state index in [1.807, 2.05) is 0 Å². The van der Waals surface area contributed by atoms with Gasteiger partial charge in [0.1, 0.15) is 11.8 Å². The lowest BCUT2D eigenvalue weighted by Gasteiger charge is -2.16. The number of nitrogens with one attached hydrogen (secondary N) is 1. The lowest BCUT2D eigenvalue weighted by atomic mass is 10.1. The highest BCUT2D eigenvalue weighted by atomic mass is 35.5. The number of hydrogen-bond acceptors (Lipinski definition) is 4. The zero-order chi connectivity index (χ0) is 21.9. The van der Waals surface area contributed by atoms with Crippen molar-refractivity contribution in [2.24, 2.45) is 11.7 Å². The number of anilines is 1. The Bertz CT molecular complexity index is 933. The summed E-state index contributed by atoms with van der Waals surface area (Å²) in [7, 11) is 0. The molecule has 0 aliphatic rings. The van der Waals surface area contributed by atoms with Gasteiger partial charge in [-0.3, -0.25) is 4.79 Å². The number of benzene rings is 2. The second kappa shape index (κ2) is 9.02. The molecule has 156 valence electrons. The summed E-state index contributed by atoms with van der Waals surface area (Å²) in [6, 6.07) is 5.56. The fraction of sp³-hybridized carbons (Fsp3) is 0.263. The molecule has 10 heteroatoms. The second-order valence-corrected chi connectivity index (χ2v) is 7.32. The van der Waals surface area contributed by atoms with E-state index in [9.17, 15) is 22.8 Å². The highest BCUT2D eigenvalue weighted by Crippen LogP contribution is 2.34. The van der Waals surface area contributed by atoms with E-state index >= 15 is 0 Å². The Balaban J connectivity index is 2.29. The third kappa shape index (κ3) is 5.85. The summed E-state index contributed by atoms with van der Waals surface area (Å²) in [6.45, 7) is 3.46. The van der Waals surface area contributed by atoms with Gasteiger partial charge in [-0.15, -0.1) is 0 Å². The van der Waals surface area contributed by atoms with Gasteiger partial charge in [-0.05, 0) is 42.3 Å². The van der Waals surface area contributed by atoms with Crippen molar-refractivity contribution < 1.29 is 27.5 Å². The first kappa shape index (κ1) is 23.0. The molecule has 0 unspecified atom stereocenters.